The highest BCUT2D eigenvalue weighted by atomic mass is 32.2. The van der Waals surface area contributed by atoms with Gasteiger partial charge in [-0.1, -0.05) is 31.7 Å². The minimum absolute atomic E-state index is 0.187. The van der Waals surface area contributed by atoms with Gasteiger partial charge >= 0.3 is 0 Å². The Kier molecular flexibility index (Phi) is 7.60. The number of amides is 1. The first-order chi connectivity index (χ1) is 18.9. The van der Waals surface area contributed by atoms with Gasteiger partial charge in [0.1, 0.15) is 23.6 Å². The molecule has 3 N–H and O–H groups in total. The predicted molar refractivity (Wildman–Crippen MR) is 154 cm³/mol. The summed E-state index contributed by atoms with van der Waals surface area (Å²) in [5.74, 6) is 1.50. The first kappa shape index (κ1) is 26.0. The lowest BCUT2D eigenvalue weighted by Gasteiger charge is -2.15. The number of nitrogens with zero attached hydrogens (tertiary/aromatic N) is 3. The van der Waals surface area contributed by atoms with Gasteiger partial charge in [0.25, 0.3) is 5.91 Å². The Bertz CT molecular complexity index is 1640. The summed E-state index contributed by atoms with van der Waals surface area (Å²) in [5, 5.41) is 17.1. The summed E-state index contributed by atoms with van der Waals surface area (Å²) in [5.41, 5.74) is 3.40. The van der Waals surface area contributed by atoms with E-state index in [1.807, 2.05) is 36.4 Å². The van der Waals surface area contributed by atoms with Crippen LogP contribution >= 0.6 is 11.8 Å². The molecule has 196 valence electrons. The zero-order valence-corrected chi connectivity index (χ0v) is 22.5. The molecule has 2 heterocycles. The molecule has 1 amide bonds. The molecule has 0 unspecified atom stereocenters. The summed E-state index contributed by atoms with van der Waals surface area (Å²) < 4.78 is 5.18. The number of fused-ring (bicyclic) bond motifs is 1. The maximum absolute atomic E-state index is 12.9. The van der Waals surface area contributed by atoms with Gasteiger partial charge in [-0.2, -0.15) is 0 Å². The first-order valence-electron chi connectivity index (χ1n) is 12.3. The number of pyridine rings is 1. The SMILES string of the molecule is COc1ccc(C(=O)Nc2ccc(Sc3cccc(O)c3)c(Nc3ncnc4nc(C(C)C)ccc34)c2)cc1. The van der Waals surface area contributed by atoms with Crippen molar-refractivity contribution in [3.05, 3.63) is 96.4 Å². The zero-order chi connectivity index (χ0) is 27.4. The summed E-state index contributed by atoms with van der Waals surface area (Å²) in [6, 6.07) is 23.5. The predicted octanol–water partition coefficient (Wildman–Crippen LogP) is 7.01. The molecule has 0 spiro atoms. The van der Waals surface area contributed by atoms with Crippen LogP contribution in [0.25, 0.3) is 11.0 Å². The van der Waals surface area contributed by atoms with Crippen molar-refractivity contribution in [3.8, 4) is 11.5 Å². The Hall–Kier alpha value is -4.63. The molecule has 0 aliphatic rings. The molecule has 0 saturated heterocycles. The van der Waals surface area contributed by atoms with Gasteiger partial charge in [-0.15, -0.1) is 0 Å². The summed E-state index contributed by atoms with van der Waals surface area (Å²) in [6.07, 6.45) is 1.49. The number of anilines is 3. The first-order valence-corrected chi connectivity index (χ1v) is 13.2. The third-order valence-electron chi connectivity index (χ3n) is 6.00. The van der Waals surface area contributed by atoms with Gasteiger partial charge < -0.3 is 20.5 Å². The minimum Gasteiger partial charge on any atom is -0.508 e. The van der Waals surface area contributed by atoms with Crippen LogP contribution in [-0.4, -0.2) is 33.1 Å². The van der Waals surface area contributed by atoms with E-state index in [2.05, 4.69) is 39.4 Å². The number of methoxy groups -OCH3 is 1. The lowest BCUT2D eigenvalue weighted by Crippen LogP contribution is -2.12. The van der Waals surface area contributed by atoms with Crippen LogP contribution in [0.3, 0.4) is 0 Å². The van der Waals surface area contributed by atoms with E-state index >= 15 is 0 Å². The zero-order valence-electron chi connectivity index (χ0n) is 21.7. The molecule has 0 fully saturated rings. The number of phenols is 1. The monoisotopic (exact) mass is 537 g/mol. The van der Waals surface area contributed by atoms with Gasteiger partial charge in [0.05, 0.1) is 18.2 Å². The number of rotatable bonds is 8. The average molecular weight is 538 g/mol. The van der Waals surface area contributed by atoms with Gasteiger partial charge in [-0.3, -0.25) is 4.79 Å². The minimum atomic E-state index is -0.241. The molecule has 8 nitrogen and oxygen atoms in total. The number of carbonyl (C=O) groups excluding carboxylic acids is 1. The Morgan fingerprint density at radius 1 is 0.974 bits per heavy atom. The average Bonchev–Trinajstić information content (AvgIpc) is 2.94. The van der Waals surface area contributed by atoms with Crippen molar-refractivity contribution in [1.82, 2.24) is 15.0 Å². The highest BCUT2D eigenvalue weighted by molar-refractivity contribution is 7.99. The fourth-order valence-corrected chi connectivity index (χ4v) is 4.86. The molecule has 0 atom stereocenters. The summed E-state index contributed by atoms with van der Waals surface area (Å²) in [4.78, 5) is 28.2. The maximum Gasteiger partial charge on any atom is 0.255 e. The molecule has 5 aromatic rings. The molecule has 0 aliphatic carbocycles. The smallest absolute Gasteiger partial charge is 0.255 e. The van der Waals surface area contributed by atoms with Crippen molar-refractivity contribution in [3.63, 3.8) is 0 Å². The number of benzene rings is 3. The molecule has 0 saturated carbocycles. The van der Waals surface area contributed by atoms with E-state index in [1.165, 1.54) is 18.1 Å². The van der Waals surface area contributed by atoms with Crippen LogP contribution in [0.15, 0.2) is 95.0 Å². The van der Waals surface area contributed by atoms with E-state index in [9.17, 15) is 9.90 Å². The Labute approximate surface area is 230 Å². The molecule has 0 bridgehead atoms. The number of hydrogen-bond acceptors (Lipinski definition) is 8. The second kappa shape index (κ2) is 11.4. The maximum atomic E-state index is 12.9. The number of carbonyl (C=O) groups is 1. The van der Waals surface area contributed by atoms with Crippen LogP contribution in [0.1, 0.15) is 35.8 Å². The number of hydrogen-bond donors (Lipinski definition) is 3. The fourth-order valence-electron chi connectivity index (χ4n) is 3.92. The van der Waals surface area contributed by atoms with Gasteiger partial charge in [0.2, 0.25) is 0 Å². The van der Waals surface area contributed by atoms with Crippen LogP contribution in [0, 0.1) is 0 Å². The standard InChI is InChI=1S/C30H27N5O3S/c1-18(2)25-13-12-24-28(34-25)31-17-32-29(24)35-26-15-20(33-30(37)19-7-10-22(38-3)11-8-19)9-14-27(26)39-23-6-4-5-21(36)16-23/h4-18,36H,1-3H3,(H,33,37)(H,31,32,34,35). The van der Waals surface area contributed by atoms with Gasteiger partial charge in [-0.25, -0.2) is 15.0 Å². The molecular weight excluding hydrogens is 510 g/mol. The summed E-state index contributed by atoms with van der Waals surface area (Å²) in [7, 11) is 1.58. The van der Waals surface area contributed by atoms with Gasteiger partial charge in [-0.05, 0) is 78.7 Å². The van der Waals surface area contributed by atoms with E-state index in [4.69, 9.17) is 4.74 Å². The number of phenolic OH excluding ortho intramolecular Hbond substituents is 1. The van der Waals surface area contributed by atoms with Gasteiger partial charge in [0, 0.05) is 26.7 Å². The van der Waals surface area contributed by atoms with E-state index in [0.717, 1.165) is 26.6 Å². The molecule has 0 aliphatic heterocycles. The normalized spacial score (nSPS) is 11.0. The van der Waals surface area contributed by atoms with Crippen LogP contribution in [-0.2, 0) is 0 Å². The quantitative estimate of drug-likeness (QED) is 0.194. The largest absolute Gasteiger partial charge is 0.508 e. The number of aromatic nitrogens is 3. The third kappa shape index (κ3) is 6.10. The van der Waals surface area contributed by atoms with E-state index in [0.29, 0.717) is 28.5 Å². The van der Waals surface area contributed by atoms with Crippen molar-refractivity contribution >= 4 is 45.9 Å². The van der Waals surface area contributed by atoms with Crippen molar-refractivity contribution < 1.29 is 14.6 Å². The van der Waals surface area contributed by atoms with E-state index < -0.39 is 0 Å². The summed E-state index contributed by atoms with van der Waals surface area (Å²) in [6.45, 7) is 4.18. The second-order valence-corrected chi connectivity index (χ2v) is 10.2. The van der Waals surface area contributed by atoms with Crippen molar-refractivity contribution in [1.29, 1.82) is 0 Å². The topological polar surface area (TPSA) is 109 Å². The fraction of sp³-hybridized carbons (Fsp3) is 0.133. The highest BCUT2D eigenvalue weighted by Gasteiger charge is 2.14. The van der Waals surface area contributed by atoms with Crippen LogP contribution < -0.4 is 15.4 Å². The molecule has 9 heteroatoms. The lowest BCUT2D eigenvalue weighted by atomic mass is 10.1. The molecule has 2 aromatic heterocycles. The Balaban J connectivity index is 1.49. The molecule has 3 aromatic carbocycles. The van der Waals surface area contributed by atoms with Crippen LogP contribution in [0.2, 0.25) is 0 Å². The highest BCUT2D eigenvalue weighted by Crippen LogP contribution is 2.38. The van der Waals surface area contributed by atoms with Crippen molar-refractivity contribution in [2.24, 2.45) is 0 Å². The van der Waals surface area contributed by atoms with Crippen molar-refractivity contribution in [2.45, 2.75) is 29.6 Å². The molecule has 0 radical (unpaired) electrons. The number of ether oxygens (including phenoxy) is 1. The lowest BCUT2D eigenvalue weighted by molar-refractivity contribution is 0.102. The number of nitrogens with one attached hydrogen (secondary N) is 2. The van der Waals surface area contributed by atoms with Crippen LogP contribution in [0.5, 0.6) is 11.5 Å². The Morgan fingerprint density at radius 3 is 2.54 bits per heavy atom. The Morgan fingerprint density at radius 2 is 1.79 bits per heavy atom. The van der Waals surface area contributed by atoms with E-state index in [1.54, 1.807) is 49.6 Å². The van der Waals surface area contributed by atoms with Crippen molar-refractivity contribution in [2.75, 3.05) is 17.7 Å². The molecule has 5 rings (SSSR count). The molecular formula is C30H27N5O3S. The number of aromatic hydroxyl groups is 1. The summed E-state index contributed by atoms with van der Waals surface area (Å²) >= 11 is 1.48. The molecule has 39 heavy (non-hydrogen) atoms. The van der Waals surface area contributed by atoms with Crippen LogP contribution in [0.4, 0.5) is 17.2 Å². The second-order valence-electron chi connectivity index (χ2n) is 9.10. The van der Waals surface area contributed by atoms with E-state index in [-0.39, 0.29) is 17.6 Å². The van der Waals surface area contributed by atoms with Gasteiger partial charge in [0.15, 0.2) is 5.65 Å². The third-order valence-corrected chi connectivity index (χ3v) is 7.06.